The molecule has 0 bridgehead atoms. The summed E-state index contributed by atoms with van der Waals surface area (Å²) in [6.45, 7) is 2.61. The molecule has 2 aliphatic heterocycles. The fraction of sp³-hybridized carbons (Fsp3) is 0.385. The van der Waals surface area contributed by atoms with E-state index in [9.17, 15) is 9.47 Å². The Morgan fingerprint density at radius 2 is 2.08 bits per heavy atom. The molecule has 1 atom stereocenters. The van der Waals surface area contributed by atoms with Gasteiger partial charge in [-0.1, -0.05) is 6.07 Å². The Labute approximate surface area is 217 Å². The van der Waals surface area contributed by atoms with Crippen LogP contribution in [0.4, 0.5) is 29.1 Å². The van der Waals surface area contributed by atoms with Crippen LogP contribution in [0, 0.1) is 11.3 Å². The molecule has 11 heteroatoms. The van der Waals surface area contributed by atoms with E-state index < -0.39 is 9.73 Å². The minimum absolute atomic E-state index is 0.269. The van der Waals surface area contributed by atoms with Gasteiger partial charge in [0.25, 0.3) is 0 Å². The predicted octanol–water partition coefficient (Wildman–Crippen LogP) is 4.68. The van der Waals surface area contributed by atoms with Crippen molar-refractivity contribution in [2.45, 2.75) is 31.7 Å². The van der Waals surface area contributed by atoms with Crippen molar-refractivity contribution in [3.05, 3.63) is 53.2 Å². The van der Waals surface area contributed by atoms with Crippen LogP contribution in [0.3, 0.4) is 0 Å². The highest BCUT2D eigenvalue weighted by Crippen LogP contribution is 2.41. The van der Waals surface area contributed by atoms with Crippen LogP contribution in [-0.2, 0) is 16.3 Å². The molecule has 5 rings (SSSR count). The van der Waals surface area contributed by atoms with Gasteiger partial charge in [0, 0.05) is 58.6 Å². The van der Waals surface area contributed by atoms with Crippen LogP contribution >= 0.6 is 0 Å². The zero-order valence-electron chi connectivity index (χ0n) is 21.2. The first kappa shape index (κ1) is 24.9. The first-order valence-corrected chi connectivity index (χ1v) is 14.5. The van der Waals surface area contributed by atoms with Gasteiger partial charge >= 0.3 is 0 Å². The third-order valence-corrected chi connectivity index (χ3v) is 6.90. The average molecular weight is 519 g/mol. The number of aromatic nitrogens is 3. The van der Waals surface area contributed by atoms with Crippen molar-refractivity contribution in [3.63, 3.8) is 0 Å². The van der Waals surface area contributed by atoms with Crippen molar-refractivity contribution >= 4 is 38.8 Å². The molecule has 3 aromatic rings. The maximum absolute atomic E-state index is 12.0. The molecular formula is C26H30N8O2S. The minimum atomic E-state index is -2.36. The number of hydrogen-bond acceptors (Lipinski definition) is 10. The van der Waals surface area contributed by atoms with E-state index >= 15 is 0 Å². The summed E-state index contributed by atoms with van der Waals surface area (Å²) in [6, 6.07) is 11.4. The Morgan fingerprint density at radius 3 is 2.89 bits per heavy atom. The summed E-state index contributed by atoms with van der Waals surface area (Å²) in [5.41, 5.74) is 3.68. The van der Waals surface area contributed by atoms with Crippen molar-refractivity contribution in [1.29, 1.82) is 5.26 Å². The minimum Gasteiger partial charge on any atom is -0.493 e. The third kappa shape index (κ3) is 5.98. The summed E-state index contributed by atoms with van der Waals surface area (Å²) in [5.74, 6) is 2.82. The van der Waals surface area contributed by atoms with E-state index in [0.29, 0.717) is 35.9 Å². The molecule has 1 unspecified atom stereocenters. The molecule has 0 saturated heterocycles. The largest absolute Gasteiger partial charge is 0.493 e. The molecule has 2 aromatic heterocycles. The van der Waals surface area contributed by atoms with E-state index in [2.05, 4.69) is 54.0 Å². The van der Waals surface area contributed by atoms with Gasteiger partial charge in [0.1, 0.15) is 23.2 Å². The van der Waals surface area contributed by atoms with E-state index in [1.165, 1.54) is 30.2 Å². The average Bonchev–Trinajstić information content (AvgIpc) is 2.81. The van der Waals surface area contributed by atoms with Crippen molar-refractivity contribution in [2.75, 3.05) is 43.3 Å². The number of nitriles is 1. The Bertz CT molecular complexity index is 1470. The number of likely N-dealkylation sites (N-methyl/N-ethyl adjacent to an activating group) is 1. The van der Waals surface area contributed by atoms with Gasteiger partial charge < -0.3 is 20.3 Å². The second-order valence-corrected chi connectivity index (χ2v) is 12.3. The van der Waals surface area contributed by atoms with Gasteiger partial charge in [0.15, 0.2) is 11.6 Å². The molecule has 0 radical (unpaired) electrons. The number of rotatable bonds is 5. The van der Waals surface area contributed by atoms with Gasteiger partial charge in [-0.2, -0.15) is 14.6 Å². The van der Waals surface area contributed by atoms with Crippen molar-refractivity contribution in [2.24, 2.45) is 4.36 Å². The standard InChI is InChI=1S/C26H30N8O2S/c1-34-15-17-7-4-5-10-36-21-12-20(11-18(16-34)24(17)21)29-26-28-14-19(13-27)25(32-26)31-22-8-6-9-23(30-22)33-37(2,3)35/h6,8-9,11-12,14,17H,4-5,7,10,15-16H2,1-3H3,(H2,28,29,30,31,32). The summed E-state index contributed by atoms with van der Waals surface area (Å²) in [4.78, 5) is 15.6. The number of nitrogens with one attached hydrogen (secondary N) is 2. The lowest BCUT2D eigenvalue weighted by Gasteiger charge is -2.35. The van der Waals surface area contributed by atoms with Crippen LogP contribution in [0.25, 0.3) is 0 Å². The maximum atomic E-state index is 12.0. The summed E-state index contributed by atoms with van der Waals surface area (Å²) in [7, 11) is -0.205. The summed E-state index contributed by atoms with van der Waals surface area (Å²) >= 11 is 0. The molecule has 2 N–H and O–H groups in total. The fourth-order valence-electron chi connectivity index (χ4n) is 4.84. The van der Waals surface area contributed by atoms with Crippen LogP contribution in [-0.4, -0.2) is 56.8 Å². The lowest BCUT2D eigenvalue weighted by molar-refractivity contribution is 0.238. The molecule has 2 aliphatic rings. The molecule has 1 aromatic carbocycles. The first-order valence-electron chi connectivity index (χ1n) is 12.2. The van der Waals surface area contributed by atoms with Gasteiger partial charge in [0.05, 0.1) is 12.8 Å². The number of hydrogen-bond donors (Lipinski definition) is 2. The fourth-order valence-corrected chi connectivity index (χ4v) is 5.39. The highest BCUT2D eigenvalue weighted by Gasteiger charge is 2.28. The van der Waals surface area contributed by atoms with Crippen LogP contribution in [0.15, 0.2) is 40.9 Å². The van der Waals surface area contributed by atoms with Crippen LogP contribution < -0.4 is 15.4 Å². The van der Waals surface area contributed by atoms with Gasteiger partial charge in [-0.15, -0.1) is 0 Å². The highest BCUT2D eigenvalue weighted by molar-refractivity contribution is 7.92. The molecule has 10 nitrogen and oxygen atoms in total. The van der Waals surface area contributed by atoms with Crippen molar-refractivity contribution < 1.29 is 8.95 Å². The number of pyridine rings is 1. The third-order valence-electron chi connectivity index (χ3n) is 6.27. The van der Waals surface area contributed by atoms with Gasteiger partial charge in [0.2, 0.25) is 5.95 Å². The van der Waals surface area contributed by atoms with Crippen LogP contribution in [0.2, 0.25) is 0 Å². The van der Waals surface area contributed by atoms with E-state index in [1.807, 2.05) is 6.07 Å². The molecule has 192 valence electrons. The molecule has 0 saturated carbocycles. The molecule has 0 aliphatic carbocycles. The second kappa shape index (κ2) is 10.3. The second-order valence-electron chi connectivity index (χ2n) is 9.76. The number of nitrogens with zero attached hydrogens (tertiary/aromatic N) is 6. The first-order chi connectivity index (χ1) is 17.8. The van der Waals surface area contributed by atoms with Crippen molar-refractivity contribution in [3.8, 4) is 11.8 Å². The molecule has 4 heterocycles. The van der Waals surface area contributed by atoms with Crippen molar-refractivity contribution in [1.82, 2.24) is 19.9 Å². The molecule has 0 spiro atoms. The van der Waals surface area contributed by atoms with E-state index in [-0.39, 0.29) is 5.56 Å². The topological polar surface area (TPSA) is 128 Å². The Kier molecular flexibility index (Phi) is 6.95. The SMILES string of the molecule is CN1Cc2cc(Nc3ncc(C#N)c(Nc4cccc(N=S(C)(C)=O)n4)n3)cc3c2C(CCCCO3)C1. The van der Waals surface area contributed by atoms with Gasteiger partial charge in [-0.3, -0.25) is 0 Å². The number of ether oxygens (including phenoxy) is 1. The van der Waals surface area contributed by atoms with E-state index in [1.54, 1.807) is 30.7 Å². The van der Waals surface area contributed by atoms with E-state index in [0.717, 1.165) is 30.9 Å². The van der Waals surface area contributed by atoms with Crippen LogP contribution in [0.1, 0.15) is 41.9 Å². The summed E-state index contributed by atoms with van der Waals surface area (Å²) < 4.78 is 22.4. The molecule has 0 amide bonds. The summed E-state index contributed by atoms with van der Waals surface area (Å²) in [5, 5.41) is 16.0. The maximum Gasteiger partial charge on any atom is 0.229 e. The Balaban J connectivity index is 1.44. The monoisotopic (exact) mass is 518 g/mol. The lowest BCUT2D eigenvalue weighted by atomic mass is 9.84. The normalized spacial score (nSPS) is 17.4. The number of benzene rings is 1. The molecule has 37 heavy (non-hydrogen) atoms. The zero-order valence-corrected chi connectivity index (χ0v) is 22.0. The molecular weight excluding hydrogens is 488 g/mol. The smallest absolute Gasteiger partial charge is 0.229 e. The Hall–Kier alpha value is -3.75. The van der Waals surface area contributed by atoms with Crippen LogP contribution in [0.5, 0.6) is 5.75 Å². The van der Waals surface area contributed by atoms with Gasteiger partial charge in [-0.25, -0.2) is 14.2 Å². The lowest BCUT2D eigenvalue weighted by Crippen LogP contribution is -2.31. The summed E-state index contributed by atoms with van der Waals surface area (Å²) in [6.07, 6.45) is 7.96. The Morgan fingerprint density at radius 1 is 1.22 bits per heavy atom. The highest BCUT2D eigenvalue weighted by atomic mass is 32.2. The van der Waals surface area contributed by atoms with Gasteiger partial charge in [-0.05, 0) is 50.1 Å². The number of anilines is 4. The predicted molar refractivity (Wildman–Crippen MR) is 144 cm³/mol. The van der Waals surface area contributed by atoms with E-state index in [4.69, 9.17) is 4.74 Å². The quantitative estimate of drug-likeness (QED) is 0.494. The zero-order chi connectivity index (χ0) is 26.0. The molecule has 0 fully saturated rings.